The molecule has 1 aliphatic heterocycles. The quantitative estimate of drug-likeness (QED) is 0.215. The zero-order valence-corrected chi connectivity index (χ0v) is 25.0. The Morgan fingerprint density at radius 1 is 1.20 bits per heavy atom. The zero-order chi connectivity index (χ0) is 29.2. The van der Waals surface area contributed by atoms with Crippen LogP contribution in [0.5, 0.6) is 5.75 Å². The van der Waals surface area contributed by atoms with Crippen LogP contribution in [-0.4, -0.2) is 57.9 Å². The summed E-state index contributed by atoms with van der Waals surface area (Å²) >= 11 is 0. The number of pyridine rings is 1. The Kier molecular flexibility index (Phi) is 8.52. The van der Waals surface area contributed by atoms with E-state index < -0.39 is 49.0 Å². The first-order valence-electron chi connectivity index (χ1n) is 13.3. The van der Waals surface area contributed by atoms with Gasteiger partial charge in [0.05, 0.1) is 42.8 Å². The largest absolute Gasteiger partial charge is 0.506 e. The number of imidazole rings is 1. The predicted molar refractivity (Wildman–Crippen MR) is 152 cm³/mol. The van der Waals surface area contributed by atoms with E-state index in [9.17, 15) is 19.5 Å². The van der Waals surface area contributed by atoms with Crippen molar-refractivity contribution in [1.82, 2.24) is 19.4 Å². The van der Waals surface area contributed by atoms with Crippen molar-refractivity contribution in [2.45, 2.75) is 78.5 Å². The average molecular weight is 571 g/mol. The maximum Gasteiger partial charge on any atom is 0.325 e. The van der Waals surface area contributed by atoms with Crippen LogP contribution in [0.4, 0.5) is 0 Å². The Labute approximate surface area is 234 Å². The van der Waals surface area contributed by atoms with Gasteiger partial charge in [0, 0.05) is 20.2 Å². The number of fused-ring (bicyclic) bond motifs is 2. The molecule has 0 bridgehead atoms. The van der Waals surface area contributed by atoms with Crippen molar-refractivity contribution in [1.29, 1.82) is 0 Å². The topological polar surface area (TPSA) is 134 Å². The summed E-state index contributed by atoms with van der Waals surface area (Å²) in [5, 5.41) is 13.2. The number of ether oxygens (including phenoxy) is 3. The van der Waals surface area contributed by atoms with Crippen LogP contribution in [0.3, 0.4) is 0 Å². The normalized spacial score (nSPS) is 13.4. The Bertz CT molecular complexity index is 1480. The van der Waals surface area contributed by atoms with Crippen LogP contribution in [-0.2, 0) is 45.5 Å². The number of aromatic nitrogens is 3. The number of nitrogens with zero attached hydrogens (tertiary/aromatic N) is 3. The van der Waals surface area contributed by atoms with Crippen molar-refractivity contribution in [3.63, 3.8) is 0 Å². The highest BCUT2D eigenvalue weighted by Gasteiger charge is 2.29. The molecule has 0 saturated heterocycles. The van der Waals surface area contributed by atoms with Crippen molar-refractivity contribution in [3.05, 3.63) is 57.3 Å². The molecule has 0 fully saturated rings. The highest BCUT2D eigenvalue weighted by molar-refractivity contribution is 6.76. The van der Waals surface area contributed by atoms with Crippen molar-refractivity contribution in [2.24, 2.45) is 0 Å². The predicted octanol–water partition coefficient (Wildman–Crippen LogP) is 3.37. The fourth-order valence-corrected chi connectivity index (χ4v) is 5.15. The smallest absolute Gasteiger partial charge is 0.325 e. The summed E-state index contributed by atoms with van der Waals surface area (Å²) in [5.41, 5.74) is 1.52. The maximum atomic E-state index is 13.5. The van der Waals surface area contributed by atoms with Gasteiger partial charge in [0.25, 0.3) is 11.5 Å². The van der Waals surface area contributed by atoms with Crippen molar-refractivity contribution in [3.8, 4) is 5.75 Å². The SMILES string of the molecule is CC(C)(C)OC(=O)CNC(=O)c1c(O)c2c(n(Cc3ccc4ncn(COCC[Si](C)(C)C)c4c3)c1=O)COC2. The number of carbonyl (C=O) groups excluding carboxylic acids is 2. The van der Waals surface area contributed by atoms with Gasteiger partial charge in [-0.15, -0.1) is 0 Å². The molecule has 0 saturated carbocycles. The molecule has 2 aromatic heterocycles. The Morgan fingerprint density at radius 3 is 2.65 bits per heavy atom. The van der Waals surface area contributed by atoms with Gasteiger partial charge in [0.1, 0.15) is 30.2 Å². The highest BCUT2D eigenvalue weighted by Crippen LogP contribution is 2.30. The Balaban J connectivity index is 1.58. The Morgan fingerprint density at radius 2 is 1.95 bits per heavy atom. The molecule has 1 amide bonds. The number of rotatable bonds is 10. The molecule has 0 unspecified atom stereocenters. The van der Waals surface area contributed by atoms with E-state index in [1.54, 1.807) is 27.1 Å². The average Bonchev–Trinajstić information content (AvgIpc) is 3.49. The second-order valence-corrected chi connectivity index (χ2v) is 17.8. The van der Waals surface area contributed by atoms with Crippen LogP contribution < -0.4 is 10.9 Å². The summed E-state index contributed by atoms with van der Waals surface area (Å²) in [7, 11) is -1.20. The molecule has 11 nitrogen and oxygen atoms in total. The van der Waals surface area contributed by atoms with Crippen LogP contribution in [0.15, 0.2) is 29.3 Å². The van der Waals surface area contributed by atoms with Crippen molar-refractivity contribution < 1.29 is 28.9 Å². The third-order valence-corrected chi connectivity index (χ3v) is 8.14. The molecule has 0 spiro atoms. The van der Waals surface area contributed by atoms with E-state index in [0.717, 1.165) is 22.6 Å². The summed E-state index contributed by atoms with van der Waals surface area (Å²) in [5.74, 6) is -1.94. The van der Waals surface area contributed by atoms with Gasteiger partial charge in [-0.1, -0.05) is 25.7 Å². The van der Waals surface area contributed by atoms with Gasteiger partial charge in [0.2, 0.25) is 0 Å². The number of aromatic hydroxyl groups is 1. The number of carbonyl (C=O) groups is 2. The molecule has 40 heavy (non-hydrogen) atoms. The summed E-state index contributed by atoms with van der Waals surface area (Å²) in [6.45, 7) is 13.0. The lowest BCUT2D eigenvalue weighted by Gasteiger charge is -2.20. The minimum absolute atomic E-state index is 0.0638. The molecule has 3 heterocycles. The first-order valence-corrected chi connectivity index (χ1v) is 17.0. The van der Waals surface area contributed by atoms with E-state index in [-0.39, 0.29) is 19.8 Å². The molecular weight excluding hydrogens is 532 g/mol. The van der Waals surface area contributed by atoms with E-state index in [1.807, 2.05) is 22.8 Å². The molecule has 0 radical (unpaired) electrons. The molecule has 4 rings (SSSR count). The van der Waals surface area contributed by atoms with E-state index in [4.69, 9.17) is 14.2 Å². The lowest BCUT2D eigenvalue weighted by atomic mass is 10.1. The number of nitrogens with one attached hydrogen (secondary N) is 1. The number of amides is 1. The van der Waals surface area contributed by atoms with Crippen LogP contribution in [0.25, 0.3) is 11.0 Å². The number of benzene rings is 1. The summed E-state index contributed by atoms with van der Waals surface area (Å²) in [6, 6.07) is 6.75. The second-order valence-electron chi connectivity index (χ2n) is 12.2. The fraction of sp³-hybridized carbons (Fsp3) is 0.500. The molecule has 3 aromatic rings. The fourth-order valence-electron chi connectivity index (χ4n) is 4.39. The molecular formula is C28H38N4O7Si. The van der Waals surface area contributed by atoms with E-state index >= 15 is 0 Å². The van der Waals surface area contributed by atoms with Gasteiger partial charge in [-0.2, -0.15) is 0 Å². The summed E-state index contributed by atoms with van der Waals surface area (Å²) in [4.78, 5) is 43.1. The summed E-state index contributed by atoms with van der Waals surface area (Å²) in [6.07, 6.45) is 1.73. The van der Waals surface area contributed by atoms with Gasteiger partial charge < -0.3 is 33.8 Å². The highest BCUT2D eigenvalue weighted by atomic mass is 28.3. The van der Waals surface area contributed by atoms with Gasteiger partial charge in [-0.3, -0.25) is 14.4 Å². The van der Waals surface area contributed by atoms with Crippen LogP contribution >= 0.6 is 0 Å². The van der Waals surface area contributed by atoms with Crippen molar-refractivity contribution >= 4 is 31.0 Å². The lowest BCUT2D eigenvalue weighted by molar-refractivity contribution is -0.153. The van der Waals surface area contributed by atoms with Crippen molar-refractivity contribution in [2.75, 3.05) is 13.2 Å². The molecule has 1 aromatic carbocycles. The van der Waals surface area contributed by atoms with Gasteiger partial charge in [-0.25, -0.2) is 4.98 Å². The number of esters is 1. The monoisotopic (exact) mass is 570 g/mol. The van der Waals surface area contributed by atoms with Gasteiger partial charge in [0.15, 0.2) is 0 Å². The lowest BCUT2D eigenvalue weighted by Crippen LogP contribution is -2.38. The maximum absolute atomic E-state index is 13.5. The second kappa shape index (κ2) is 11.6. The third-order valence-electron chi connectivity index (χ3n) is 6.43. The van der Waals surface area contributed by atoms with Crippen LogP contribution in [0, 0.1) is 0 Å². The molecule has 12 heteroatoms. The third kappa shape index (κ3) is 6.98. The van der Waals surface area contributed by atoms with E-state index in [0.29, 0.717) is 24.6 Å². The van der Waals surface area contributed by atoms with Gasteiger partial charge >= 0.3 is 5.97 Å². The van der Waals surface area contributed by atoms with Crippen LogP contribution in [0.2, 0.25) is 25.7 Å². The summed E-state index contributed by atoms with van der Waals surface area (Å²) < 4.78 is 20.0. The standard InChI is InChI=1S/C28H38N4O7Si/c1-28(2,3)39-23(33)12-29-26(35)24-25(34)19-14-38-15-22(19)32(27(24)36)13-18-7-8-20-21(11-18)31(16-30-20)17-37-9-10-40(4,5)6/h7-8,11,16,34H,9-10,12-15,17H2,1-6H3,(H,29,35). The first kappa shape index (κ1) is 29.5. The zero-order valence-electron chi connectivity index (χ0n) is 24.0. The molecule has 0 aliphatic carbocycles. The van der Waals surface area contributed by atoms with Crippen LogP contribution in [0.1, 0.15) is 48.0 Å². The minimum atomic E-state index is -1.20. The molecule has 1 aliphatic rings. The Hall–Kier alpha value is -3.48. The first-order chi connectivity index (χ1) is 18.7. The van der Waals surface area contributed by atoms with E-state index in [1.165, 1.54) is 4.57 Å². The minimum Gasteiger partial charge on any atom is -0.506 e. The number of hydrogen-bond acceptors (Lipinski definition) is 8. The molecule has 2 N–H and O–H groups in total. The van der Waals surface area contributed by atoms with E-state index in [2.05, 4.69) is 29.9 Å². The van der Waals surface area contributed by atoms with Gasteiger partial charge in [-0.05, 0) is 44.5 Å². The molecule has 0 atom stereocenters. The molecule has 216 valence electrons. The number of hydrogen-bond donors (Lipinski definition) is 2.